The van der Waals surface area contributed by atoms with Crippen molar-refractivity contribution in [3.05, 3.63) is 29.3 Å². The van der Waals surface area contributed by atoms with E-state index >= 15 is 0 Å². The molecule has 0 saturated carbocycles. The fraction of sp³-hybridized carbons (Fsp3) is 0.524. The Morgan fingerprint density at radius 2 is 1.74 bits per heavy atom. The van der Waals surface area contributed by atoms with E-state index in [1.807, 2.05) is 0 Å². The zero-order valence-electron chi connectivity index (χ0n) is 23.5. The maximum atomic E-state index is 13.5. The summed E-state index contributed by atoms with van der Waals surface area (Å²) in [6.45, 7) is -5.45. The van der Waals surface area contributed by atoms with Crippen LogP contribution in [0.2, 0.25) is 0 Å². The maximum absolute atomic E-state index is 13.5. The molecule has 250 valence electrons. The van der Waals surface area contributed by atoms with Crippen LogP contribution in [0.25, 0.3) is 22.3 Å². The van der Waals surface area contributed by atoms with E-state index in [4.69, 9.17) is 43.6 Å². The quantitative estimate of drug-likeness (QED) is 0.0946. The Hall–Kier alpha value is -2.89. The van der Waals surface area contributed by atoms with Crippen molar-refractivity contribution in [1.29, 1.82) is 0 Å². The number of rotatable bonds is 3. The molecule has 0 aromatic carbocycles. The molecular formula is C21H28N10O12P2S. The number of aromatic amines is 1. The molecule has 7 heterocycles. The molecule has 22 nitrogen and oxygen atoms in total. The van der Waals surface area contributed by atoms with Crippen molar-refractivity contribution in [3.8, 4) is 0 Å². The summed E-state index contributed by atoms with van der Waals surface area (Å²) in [7, 11) is -3.58. The van der Waals surface area contributed by atoms with Crippen LogP contribution in [0, 0.1) is 0 Å². The molecule has 46 heavy (non-hydrogen) atoms. The van der Waals surface area contributed by atoms with Gasteiger partial charge in [0.1, 0.15) is 0 Å². The Labute approximate surface area is 262 Å². The molecule has 0 spiro atoms. The number of aliphatic hydroxyl groups excluding tert-OH is 2. The number of hydrogen-bond acceptors (Lipinski definition) is 19. The van der Waals surface area contributed by atoms with Crippen LogP contribution in [-0.4, -0.2) is 111 Å². The fourth-order valence-corrected chi connectivity index (χ4v) is 8.21. The molecule has 4 aromatic rings. The molecule has 9 unspecified atom stereocenters. The zero-order valence-corrected chi connectivity index (χ0v) is 26.2. The third-order valence-electron chi connectivity index (χ3n) is 7.64. The van der Waals surface area contributed by atoms with Crippen molar-refractivity contribution in [2.45, 2.75) is 49.1 Å². The summed E-state index contributed by atoms with van der Waals surface area (Å²) in [6.07, 6.45) is -7.29. The number of thiol groups is 1. The van der Waals surface area contributed by atoms with Crippen LogP contribution >= 0.6 is 27.2 Å². The molecule has 8 N–H and O–H groups in total. The number of nitrogens with one attached hydrogen (secondary N) is 1. The van der Waals surface area contributed by atoms with E-state index in [1.54, 1.807) is 0 Å². The van der Waals surface area contributed by atoms with Crippen LogP contribution in [-0.2, 0) is 36.7 Å². The number of anilines is 2. The van der Waals surface area contributed by atoms with Crippen LogP contribution in [0.5, 0.6) is 0 Å². The average molecular weight is 707 g/mol. The van der Waals surface area contributed by atoms with E-state index in [1.165, 1.54) is 28.1 Å². The second kappa shape index (κ2) is 11.7. The normalized spacial score (nSPS) is 35.8. The van der Waals surface area contributed by atoms with Crippen molar-refractivity contribution in [2.75, 3.05) is 31.8 Å². The third kappa shape index (κ3) is 5.46. The first kappa shape index (κ1) is 31.7. The van der Waals surface area contributed by atoms with Crippen molar-refractivity contribution in [2.24, 2.45) is 0 Å². The van der Waals surface area contributed by atoms with Crippen molar-refractivity contribution in [3.63, 3.8) is 0 Å². The first-order valence-electron chi connectivity index (χ1n) is 13.5. The Morgan fingerprint density at radius 3 is 2.50 bits per heavy atom. The molecule has 25 heteroatoms. The Balaban J connectivity index is 1.22. The standard InChI is InChI=1S/C21H28N10O12P2S/c1-37-44(35)38-3-8-13(12(33)19(41-8)30-5-26-9-15(22)24-4-25-16(9)30)43-45(36,46)39-2-7-11(32)14(42-44)20(40-7)31-6-27-10-17(31)28-21(23)29-18(10)34/h4-8,11-14,19-20,32-33,35,44H,2-3H2,1H3,(H,36,46)(H2,22,24,25)(H3,23,28,29,34). The van der Waals surface area contributed by atoms with Gasteiger partial charge in [0.2, 0.25) is 0 Å². The number of ether oxygens (including phenoxy) is 2. The molecule has 3 aliphatic heterocycles. The number of H-pyrrole nitrogens is 1. The molecule has 2 bridgehead atoms. The molecule has 9 atom stereocenters. The van der Waals surface area contributed by atoms with Crippen LogP contribution < -0.4 is 17.0 Å². The Morgan fingerprint density at radius 1 is 1.02 bits per heavy atom. The molecule has 0 radical (unpaired) electrons. The Kier molecular flexibility index (Phi) is 8.04. The van der Waals surface area contributed by atoms with E-state index < -0.39 is 82.8 Å². The van der Waals surface area contributed by atoms with Gasteiger partial charge in [-0.25, -0.2) is 0 Å². The average Bonchev–Trinajstić information content (AvgIpc) is 3.77. The summed E-state index contributed by atoms with van der Waals surface area (Å²) in [5.74, 6) is -0.130. The predicted molar refractivity (Wildman–Crippen MR) is 158 cm³/mol. The predicted octanol–water partition coefficient (Wildman–Crippen LogP) is -1.46. The molecule has 3 fully saturated rings. The van der Waals surface area contributed by atoms with Gasteiger partial charge in [0.05, 0.1) is 0 Å². The van der Waals surface area contributed by atoms with E-state index in [9.17, 15) is 24.5 Å². The fourth-order valence-electron chi connectivity index (χ4n) is 5.46. The summed E-state index contributed by atoms with van der Waals surface area (Å²) in [6, 6.07) is 0. The number of aromatic nitrogens is 8. The molecule has 7 rings (SSSR count). The summed E-state index contributed by atoms with van der Waals surface area (Å²) >= 11 is 4.07. The van der Waals surface area contributed by atoms with E-state index in [-0.39, 0.29) is 34.1 Å². The number of nitrogens with two attached hydrogens (primary N) is 2. The second-order valence-electron chi connectivity index (χ2n) is 10.4. The minimum absolute atomic E-state index is 0.0252. The van der Waals surface area contributed by atoms with E-state index in [0.717, 1.165) is 7.11 Å². The first-order valence-corrected chi connectivity index (χ1v) is 17.8. The van der Waals surface area contributed by atoms with Crippen LogP contribution in [0.4, 0.5) is 11.8 Å². The van der Waals surface area contributed by atoms with Gasteiger partial charge >= 0.3 is 262 Å². The van der Waals surface area contributed by atoms with Crippen molar-refractivity contribution < 1.29 is 51.8 Å². The topological polar surface area (TPSA) is 302 Å². The van der Waals surface area contributed by atoms with Gasteiger partial charge in [-0.1, -0.05) is 0 Å². The number of hydrogen-bond donors (Lipinski definition) is 7. The molecule has 4 aromatic heterocycles. The molecule has 3 aliphatic rings. The van der Waals surface area contributed by atoms with E-state index in [2.05, 4.69) is 42.2 Å². The van der Waals surface area contributed by atoms with Crippen molar-refractivity contribution in [1.82, 2.24) is 39.0 Å². The van der Waals surface area contributed by atoms with Gasteiger partial charge in [0.15, 0.2) is 0 Å². The summed E-state index contributed by atoms with van der Waals surface area (Å²) in [5, 5.41) is 22.5. The third-order valence-corrected chi connectivity index (χ3v) is 10.9. The van der Waals surface area contributed by atoms with E-state index in [0.29, 0.717) is 0 Å². The van der Waals surface area contributed by atoms with Crippen LogP contribution in [0.1, 0.15) is 12.5 Å². The van der Waals surface area contributed by atoms with Crippen LogP contribution in [0.3, 0.4) is 0 Å². The van der Waals surface area contributed by atoms with Crippen molar-refractivity contribution >= 4 is 61.3 Å². The number of nitrogens with zero attached hydrogens (tertiary/aromatic N) is 7. The molecule has 0 amide bonds. The van der Waals surface area contributed by atoms with Gasteiger partial charge in [-0.15, -0.1) is 0 Å². The Bertz CT molecular complexity index is 1900. The number of fused-ring (bicyclic) bond motifs is 5. The molecule has 0 aliphatic carbocycles. The van der Waals surface area contributed by atoms with Gasteiger partial charge < -0.3 is 0 Å². The summed E-state index contributed by atoms with van der Waals surface area (Å²) in [4.78, 5) is 46.5. The number of imidazole rings is 2. The summed E-state index contributed by atoms with van der Waals surface area (Å²) < 4.78 is 56.1. The molecular weight excluding hydrogens is 678 g/mol. The monoisotopic (exact) mass is 706 g/mol. The SMILES string of the molecule is CO[PH]1(O)OCC2OC(n3cnc4c(N)ncnc43)C(O)C2OP(=O)(S)OCC2OC(n3cnc4c(=O)[nH]c(N)nc43)C(O1)C2O. The number of nitrogen functional groups attached to an aromatic ring is 2. The van der Waals surface area contributed by atoms with Gasteiger partial charge in [-0.05, 0) is 0 Å². The minimum atomic E-state index is -4.69. The van der Waals surface area contributed by atoms with Gasteiger partial charge in [0, 0.05) is 0 Å². The van der Waals surface area contributed by atoms with Crippen LogP contribution in [0.15, 0.2) is 23.8 Å². The van der Waals surface area contributed by atoms with Gasteiger partial charge in [-0.2, -0.15) is 0 Å². The summed E-state index contributed by atoms with van der Waals surface area (Å²) in [5.41, 5.74) is 11.3. The second-order valence-corrected chi connectivity index (χ2v) is 15.3. The zero-order chi connectivity index (χ0) is 32.5. The van der Waals surface area contributed by atoms with Gasteiger partial charge in [-0.3, -0.25) is 0 Å². The first-order chi connectivity index (χ1) is 21.9. The molecule has 3 saturated heterocycles. The van der Waals surface area contributed by atoms with Gasteiger partial charge in [0.25, 0.3) is 0 Å². The number of aliphatic hydroxyl groups is 2.